The molecule has 0 aliphatic heterocycles. The first kappa shape index (κ1) is 11.8. The largest absolute Gasteiger partial charge is 0.506 e. The number of hydrogen-bond donors (Lipinski definition) is 2. The van der Waals surface area contributed by atoms with Gasteiger partial charge >= 0.3 is 0 Å². The number of rotatable bonds is 3. The number of fused-ring (bicyclic) bond motifs is 1. The zero-order chi connectivity index (χ0) is 20.2. The Hall–Kier alpha value is -1.63. The molecular formula is C17H12Br2O4. The molecule has 0 saturated heterocycles. The summed E-state index contributed by atoms with van der Waals surface area (Å²) in [6.45, 7) is 1.37. The van der Waals surface area contributed by atoms with Crippen molar-refractivity contribution in [2.24, 2.45) is 0 Å². The van der Waals surface area contributed by atoms with Crippen LogP contribution in [0, 0.1) is 0 Å². The lowest BCUT2D eigenvalue weighted by molar-refractivity contribution is 0.102. The summed E-state index contributed by atoms with van der Waals surface area (Å²) in [5.41, 5.74) is -0.211. The standard InChI is InChI=1S/C17H12Br2O4/c1-8(20)17-14(10-4-2-3-5-13(10)23-17)15(21)9-6-11(18)16(22)12(19)7-9/h2-8,20,22H,1H3/i2D,3D,4D,5D. The van der Waals surface area contributed by atoms with Crippen molar-refractivity contribution < 1.29 is 24.9 Å². The lowest BCUT2D eigenvalue weighted by atomic mass is 9.98. The van der Waals surface area contributed by atoms with Gasteiger partial charge in [0.05, 0.1) is 20.0 Å². The van der Waals surface area contributed by atoms with Gasteiger partial charge in [0, 0.05) is 10.9 Å². The van der Waals surface area contributed by atoms with E-state index in [0.717, 1.165) is 0 Å². The Balaban J connectivity index is 2.40. The molecule has 1 heterocycles. The van der Waals surface area contributed by atoms with Crippen LogP contribution in [0.4, 0.5) is 0 Å². The molecule has 1 unspecified atom stereocenters. The molecule has 0 amide bonds. The van der Waals surface area contributed by atoms with Crippen molar-refractivity contribution in [2.45, 2.75) is 13.0 Å². The molecule has 0 bridgehead atoms. The van der Waals surface area contributed by atoms with E-state index in [0.29, 0.717) is 0 Å². The number of carbonyl (C=O) groups excluding carboxylic acids is 1. The van der Waals surface area contributed by atoms with Gasteiger partial charge in [-0.3, -0.25) is 4.79 Å². The maximum atomic E-state index is 13.2. The lowest BCUT2D eigenvalue weighted by Gasteiger charge is -2.07. The number of ketones is 1. The summed E-state index contributed by atoms with van der Waals surface area (Å²) in [5, 5.41) is 19.8. The van der Waals surface area contributed by atoms with Crippen LogP contribution >= 0.6 is 31.9 Å². The molecule has 1 atom stereocenters. The number of aromatic hydroxyl groups is 1. The topological polar surface area (TPSA) is 70.7 Å². The van der Waals surface area contributed by atoms with E-state index in [2.05, 4.69) is 31.9 Å². The molecule has 2 N–H and O–H groups in total. The molecule has 3 rings (SSSR count). The fraction of sp³-hybridized carbons (Fsp3) is 0.118. The quantitative estimate of drug-likeness (QED) is 0.562. The second kappa shape index (κ2) is 6.11. The van der Waals surface area contributed by atoms with Gasteiger partial charge in [0.25, 0.3) is 0 Å². The summed E-state index contributed by atoms with van der Waals surface area (Å²) in [7, 11) is 0. The second-order valence-corrected chi connectivity index (χ2v) is 6.55. The highest BCUT2D eigenvalue weighted by molar-refractivity contribution is 9.11. The maximum absolute atomic E-state index is 13.2. The Bertz CT molecular complexity index is 1090. The molecule has 0 spiro atoms. The normalized spacial score (nSPS) is 15.0. The van der Waals surface area contributed by atoms with Crippen LogP contribution in [-0.2, 0) is 0 Å². The number of furan rings is 1. The number of phenols is 1. The summed E-state index contributed by atoms with van der Waals surface area (Å²) in [5.74, 6) is -0.861. The molecule has 3 aromatic rings. The summed E-state index contributed by atoms with van der Waals surface area (Å²) in [6, 6.07) is 0.888. The summed E-state index contributed by atoms with van der Waals surface area (Å²) in [4.78, 5) is 13.2. The number of phenolic OH excluding ortho intramolecular Hbond substituents is 1. The van der Waals surface area contributed by atoms with Gasteiger partial charge in [0.15, 0.2) is 5.78 Å². The van der Waals surface area contributed by atoms with Crippen molar-refractivity contribution in [1.82, 2.24) is 0 Å². The first-order valence-corrected chi connectivity index (χ1v) is 8.08. The van der Waals surface area contributed by atoms with Gasteiger partial charge in [0.1, 0.15) is 23.2 Å². The van der Waals surface area contributed by atoms with E-state index < -0.39 is 36.1 Å². The predicted molar refractivity (Wildman–Crippen MR) is 93.8 cm³/mol. The Morgan fingerprint density at radius 3 is 2.48 bits per heavy atom. The molecule has 2 aromatic carbocycles. The smallest absolute Gasteiger partial charge is 0.197 e. The van der Waals surface area contributed by atoms with E-state index in [1.54, 1.807) is 0 Å². The second-order valence-electron chi connectivity index (χ2n) is 4.84. The third kappa shape index (κ3) is 2.82. The zero-order valence-corrected chi connectivity index (χ0v) is 14.9. The number of aliphatic hydroxyl groups excluding tert-OH is 1. The van der Waals surface area contributed by atoms with Crippen molar-refractivity contribution >= 4 is 48.6 Å². The average Bonchev–Trinajstić information content (AvgIpc) is 3.02. The van der Waals surface area contributed by atoms with Crippen LogP contribution in [-0.4, -0.2) is 16.0 Å². The third-order valence-corrected chi connectivity index (χ3v) is 4.46. The number of hydrogen-bond acceptors (Lipinski definition) is 4. The van der Waals surface area contributed by atoms with E-state index in [1.807, 2.05) is 0 Å². The van der Waals surface area contributed by atoms with E-state index in [9.17, 15) is 15.0 Å². The van der Waals surface area contributed by atoms with Gasteiger partial charge < -0.3 is 14.6 Å². The van der Waals surface area contributed by atoms with Crippen LogP contribution < -0.4 is 0 Å². The molecular weight excluding hydrogens is 428 g/mol. The molecule has 23 heavy (non-hydrogen) atoms. The van der Waals surface area contributed by atoms with Crippen molar-refractivity contribution in [3.63, 3.8) is 0 Å². The average molecular weight is 444 g/mol. The number of benzene rings is 2. The molecule has 6 heteroatoms. The Morgan fingerprint density at radius 1 is 1.26 bits per heavy atom. The third-order valence-electron chi connectivity index (χ3n) is 3.25. The minimum Gasteiger partial charge on any atom is -0.506 e. The van der Waals surface area contributed by atoms with Crippen LogP contribution in [0.15, 0.2) is 49.7 Å². The van der Waals surface area contributed by atoms with Crippen LogP contribution in [0.25, 0.3) is 11.0 Å². The molecule has 0 aliphatic rings. The zero-order valence-electron chi connectivity index (χ0n) is 15.7. The van der Waals surface area contributed by atoms with Gasteiger partial charge in [-0.2, -0.15) is 0 Å². The van der Waals surface area contributed by atoms with Gasteiger partial charge in [-0.15, -0.1) is 0 Å². The Kier molecular flexibility index (Phi) is 3.14. The molecule has 0 fully saturated rings. The maximum Gasteiger partial charge on any atom is 0.197 e. The fourth-order valence-corrected chi connectivity index (χ4v) is 3.38. The molecule has 0 radical (unpaired) electrons. The van der Waals surface area contributed by atoms with Crippen LogP contribution in [0.5, 0.6) is 5.75 Å². The number of halogens is 2. The van der Waals surface area contributed by atoms with Crippen molar-refractivity contribution in [3.8, 4) is 5.75 Å². The van der Waals surface area contributed by atoms with E-state index >= 15 is 0 Å². The van der Waals surface area contributed by atoms with Crippen molar-refractivity contribution in [1.29, 1.82) is 0 Å². The summed E-state index contributed by atoms with van der Waals surface area (Å²) < 4.78 is 37.8. The number of carbonyl (C=O) groups is 1. The first-order valence-electron chi connectivity index (χ1n) is 8.49. The summed E-state index contributed by atoms with van der Waals surface area (Å²) >= 11 is 6.29. The Labute approximate surface area is 154 Å². The summed E-state index contributed by atoms with van der Waals surface area (Å²) in [6.07, 6.45) is -1.22. The van der Waals surface area contributed by atoms with E-state index in [4.69, 9.17) is 9.90 Å². The van der Waals surface area contributed by atoms with Crippen LogP contribution in [0.2, 0.25) is 0 Å². The van der Waals surface area contributed by atoms with Gasteiger partial charge in [0.2, 0.25) is 0 Å². The molecule has 1 aromatic heterocycles. The minimum atomic E-state index is -1.22. The molecule has 0 aliphatic carbocycles. The van der Waals surface area contributed by atoms with Gasteiger partial charge in [-0.05, 0) is 57.0 Å². The van der Waals surface area contributed by atoms with E-state index in [1.165, 1.54) is 19.1 Å². The monoisotopic (exact) mass is 442 g/mol. The van der Waals surface area contributed by atoms with Crippen LogP contribution in [0.3, 0.4) is 0 Å². The molecule has 118 valence electrons. The minimum absolute atomic E-state index is 0.0952. The predicted octanol–water partition coefficient (Wildman–Crippen LogP) is 4.95. The highest BCUT2D eigenvalue weighted by Crippen LogP contribution is 2.36. The first-order chi connectivity index (χ1) is 12.6. The highest BCUT2D eigenvalue weighted by atomic mass is 79.9. The van der Waals surface area contributed by atoms with Crippen molar-refractivity contribution in [2.75, 3.05) is 0 Å². The Morgan fingerprint density at radius 2 is 1.87 bits per heavy atom. The van der Waals surface area contributed by atoms with Crippen LogP contribution in [0.1, 0.15) is 40.2 Å². The number of para-hydroxylation sites is 1. The van der Waals surface area contributed by atoms with Crippen molar-refractivity contribution in [3.05, 3.63) is 62.1 Å². The number of aliphatic hydroxyl groups is 1. The van der Waals surface area contributed by atoms with Gasteiger partial charge in [-0.1, -0.05) is 18.1 Å². The molecule has 0 saturated carbocycles. The fourth-order valence-electron chi connectivity index (χ4n) is 2.20. The highest BCUT2D eigenvalue weighted by Gasteiger charge is 2.25. The van der Waals surface area contributed by atoms with E-state index in [-0.39, 0.29) is 42.6 Å². The SMILES string of the molecule is [2H]c1c([2H])c([2H])c2c(C(=O)c3cc(Br)c(O)c(Br)c3)c(C(C)O)oc2c1[2H]. The molecule has 4 nitrogen and oxygen atoms in total. The van der Waals surface area contributed by atoms with Gasteiger partial charge in [-0.25, -0.2) is 0 Å². The lowest BCUT2D eigenvalue weighted by Crippen LogP contribution is -2.06.